The monoisotopic (exact) mass is 185 g/mol. The van der Waals surface area contributed by atoms with Crippen LogP contribution in [0.1, 0.15) is 59.8 Å². The molecule has 80 valence electrons. The number of nitrogens with two attached hydrogens (primary N) is 1. The predicted molar refractivity (Wildman–Crippen MR) is 60.7 cm³/mol. The van der Waals surface area contributed by atoms with Gasteiger partial charge in [0.2, 0.25) is 0 Å². The van der Waals surface area contributed by atoms with Gasteiger partial charge in [-0.05, 0) is 25.2 Å². The molecule has 2 atom stereocenters. The molecule has 0 heterocycles. The van der Waals surface area contributed by atoms with Gasteiger partial charge in [-0.3, -0.25) is 0 Å². The molecule has 0 aromatic heterocycles. The second kappa shape index (κ2) is 7.37. The summed E-state index contributed by atoms with van der Waals surface area (Å²) < 4.78 is 0. The molecule has 0 amide bonds. The van der Waals surface area contributed by atoms with Crippen LogP contribution in [-0.4, -0.2) is 6.04 Å². The van der Waals surface area contributed by atoms with Gasteiger partial charge in [0.25, 0.3) is 0 Å². The van der Waals surface area contributed by atoms with Crippen molar-refractivity contribution in [3.05, 3.63) is 0 Å². The Morgan fingerprint density at radius 1 is 1.00 bits per heavy atom. The molecule has 13 heavy (non-hydrogen) atoms. The number of unbranched alkanes of at least 4 members (excludes halogenated alkanes) is 3. The second-order valence-corrected chi connectivity index (χ2v) is 4.62. The van der Waals surface area contributed by atoms with Gasteiger partial charge >= 0.3 is 0 Å². The highest BCUT2D eigenvalue weighted by Crippen LogP contribution is 2.21. The van der Waals surface area contributed by atoms with Crippen molar-refractivity contribution < 1.29 is 0 Å². The largest absolute Gasteiger partial charge is 0.328 e. The van der Waals surface area contributed by atoms with Gasteiger partial charge in [-0.2, -0.15) is 0 Å². The minimum atomic E-state index is 0.363. The Kier molecular flexibility index (Phi) is 7.35. The lowest BCUT2D eigenvalue weighted by Crippen LogP contribution is -2.30. The molecule has 1 nitrogen and oxygen atoms in total. The fourth-order valence-electron chi connectivity index (χ4n) is 2.01. The van der Waals surface area contributed by atoms with Crippen LogP contribution in [0.25, 0.3) is 0 Å². The minimum absolute atomic E-state index is 0.363. The Balaban J connectivity index is 3.58. The van der Waals surface area contributed by atoms with E-state index in [1.807, 2.05) is 0 Å². The lowest BCUT2D eigenvalue weighted by molar-refractivity contribution is 0.300. The van der Waals surface area contributed by atoms with Gasteiger partial charge in [-0.15, -0.1) is 0 Å². The first-order valence-corrected chi connectivity index (χ1v) is 5.85. The maximum Gasteiger partial charge on any atom is 0.00412 e. The summed E-state index contributed by atoms with van der Waals surface area (Å²) in [6.45, 7) is 8.97. The molecule has 0 aromatic carbocycles. The summed E-state index contributed by atoms with van der Waals surface area (Å²) >= 11 is 0. The summed E-state index contributed by atoms with van der Waals surface area (Å²) in [4.78, 5) is 0. The maximum absolute atomic E-state index is 5.95. The summed E-state index contributed by atoms with van der Waals surface area (Å²) in [5.74, 6) is 1.46. The molecule has 0 aliphatic rings. The Morgan fingerprint density at radius 2 is 1.62 bits per heavy atom. The van der Waals surface area contributed by atoms with Crippen molar-refractivity contribution in [1.82, 2.24) is 0 Å². The zero-order valence-corrected chi connectivity index (χ0v) is 9.84. The second-order valence-electron chi connectivity index (χ2n) is 4.62. The lowest BCUT2D eigenvalue weighted by atomic mass is 9.85. The van der Waals surface area contributed by atoms with Crippen molar-refractivity contribution in [2.24, 2.45) is 17.6 Å². The summed E-state index contributed by atoms with van der Waals surface area (Å²) in [6, 6.07) is 0.363. The van der Waals surface area contributed by atoms with Crippen LogP contribution in [-0.2, 0) is 0 Å². The average molecular weight is 185 g/mol. The van der Waals surface area contributed by atoms with Crippen LogP contribution < -0.4 is 5.73 Å². The molecule has 0 spiro atoms. The molecule has 0 fully saturated rings. The minimum Gasteiger partial charge on any atom is -0.328 e. The molecule has 1 heteroatoms. The molecule has 0 saturated heterocycles. The number of hydrogen-bond donors (Lipinski definition) is 1. The van der Waals surface area contributed by atoms with Crippen LogP contribution in [0.15, 0.2) is 0 Å². The molecule has 0 aromatic rings. The van der Waals surface area contributed by atoms with E-state index in [1.54, 1.807) is 0 Å². The van der Waals surface area contributed by atoms with E-state index in [4.69, 9.17) is 5.73 Å². The first kappa shape index (κ1) is 13.0. The molecule has 0 rings (SSSR count). The van der Waals surface area contributed by atoms with Crippen LogP contribution in [0.5, 0.6) is 0 Å². The van der Waals surface area contributed by atoms with Crippen molar-refractivity contribution in [3.63, 3.8) is 0 Å². The van der Waals surface area contributed by atoms with Gasteiger partial charge in [0, 0.05) is 6.04 Å². The average Bonchev–Trinajstić information content (AvgIpc) is 2.02. The quantitative estimate of drug-likeness (QED) is 0.603. The third-order valence-corrected chi connectivity index (χ3v) is 2.92. The van der Waals surface area contributed by atoms with Gasteiger partial charge in [-0.1, -0.05) is 46.5 Å². The Morgan fingerprint density at radius 3 is 2.00 bits per heavy atom. The van der Waals surface area contributed by atoms with E-state index >= 15 is 0 Å². The maximum atomic E-state index is 5.95. The van der Waals surface area contributed by atoms with E-state index in [1.165, 1.54) is 32.1 Å². The zero-order chi connectivity index (χ0) is 10.3. The molecule has 0 saturated carbocycles. The van der Waals surface area contributed by atoms with Crippen LogP contribution >= 0.6 is 0 Å². The van der Waals surface area contributed by atoms with Gasteiger partial charge in [0.1, 0.15) is 0 Å². The van der Waals surface area contributed by atoms with Crippen molar-refractivity contribution in [1.29, 1.82) is 0 Å². The summed E-state index contributed by atoms with van der Waals surface area (Å²) in [5.41, 5.74) is 5.95. The lowest BCUT2D eigenvalue weighted by Gasteiger charge is -2.24. The van der Waals surface area contributed by atoms with Crippen molar-refractivity contribution >= 4 is 0 Å². The highest BCUT2D eigenvalue weighted by atomic mass is 14.6. The normalized spacial score (nSPS) is 16.2. The predicted octanol–water partition coefficient (Wildman–Crippen LogP) is 3.58. The molecule has 0 bridgehead atoms. The Labute approximate surface area is 84.1 Å². The number of hydrogen-bond acceptors (Lipinski definition) is 1. The SMILES string of the molecule is CCCCCCC(C(C)C)C(C)N. The highest BCUT2D eigenvalue weighted by Gasteiger charge is 2.16. The molecular formula is C12H27N. The van der Waals surface area contributed by atoms with Crippen molar-refractivity contribution in [2.45, 2.75) is 65.8 Å². The molecule has 0 aliphatic heterocycles. The summed E-state index contributed by atoms with van der Waals surface area (Å²) in [5, 5.41) is 0. The smallest absolute Gasteiger partial charge is 0.00412 e. The van der Waals surface area contributed by atoms with Gasteiger partial charge < -0.3 is 5.73 Å². The topological polar surface area (TPSA) is 26.0 Å². The Bertz CT molecular complexity index is 99.7. The van der Waals surface area contributed by atoms with E-state index in [9.17, 15) is 0 Å². The van der Waals surface area contributed by atoms with Gasteiger partial charge in [0.15, 0.2) is 0 Å². The molecule has 2 N–H and O–H groups in total. The first-order valence-electron chi connectivity index (χ1n) is 5.85. The molecular weight excluding hydrogens is 158 g/mol. The van der Waals surface area contributed by atoms with Crippen LogP contribution in [0.3, 0.4) is 0 Å². The van der Waals surface area contributed by atoms with E-state index in [0.29, 0.717) is 6.04 Å². The molecule has 0 aliphatic carbocycles. The Hall–Kier alpha value is -0.0400. The molecule has 0 radical (unpaired) electrons. The van der Waals surface area contributed by atoms with E-state index in [-0.39, 0.29) is 0 Å². The molecule has 2 unspecified atom stereocenters. The third-order valence-electron chi connectivity index (χ3n) is 2.92. The fraction of sp³-hybridized carbons (Fsp3) is 1.00. The zero-order valence-electron chi connectivity index (χ0n) is 9.84. The first-order chi connectivity index (χ1) is 6.09. The fourth-order valence-corrected chi connectivity index (χ4v) is 2.01. The van der Waals surface area contributed by atoms with E-state index in [0.717, 1.165) is 11.8 Å². The van der Waals surface area contributed by atoms with Crippen LogP contribution in [0, 0.1) is 11.8 Å². The standard InChI is InChI=1S/C12H27N/c1-5-6-7-8-9-12(10(2)3)11(4)13/h10-12H,5-9,13H2,1-4H3. The van der Waals surface area contributed by atoms with Crippen LogP contribution in [0.4, 0.5) is 0 Å². The van der Waals surface area contributed by atoms with E-state index < -0.39 is 0 Å². The van der Waals surface area contributed by atoms with Crippen molar-refractivity contribution in [2.75, 3.05) is 0 Å². The number of rotatable bonds is 7. The third kappa shape index (κ3) is 6.09. The summed E-state index contributed by atoms with van der Waals surface area (Å²) in [6.07, 6.45) is 6.76. The van der Waals surface area contributed by atoms with E-state index in [2.05, 4.69) is 27.7 Å². The van der Waals surface area contributed by atoms with Crippen LogP contribution in [0.2, 0.25) is 0 Å². The summed E-state index contributed by atoms with van der Waals surface area (Å²) in [7, 11) is 0. The van der Waals surface area contributed by atoms with Crippen molar-refractivity contribution in [3.8, 4) is 0 Å². The highest BCUT2D eigenvalue weighted by molar-refractivity contribution is 4.71. The van der Waals surface area contributed by atoms with Gasteiger partial charge in [-0.25, -0.2) is 0 Å². The van der Waals surface area contributed by atoms with Gasteiger partial charge in [0.05, 0.1) is 0 Å².